The Labute approximate surface area is 146 Å². The molecule has 0 saturated heterocycles. The molecule has 0 aliphatic heterocycles. The molecule has 3 rings (SSSR count). The minimum absolute atomic E-state index is 0.193. The van der Waals surface area contributed by atoms with Gasteiger partial charge in [-0.3, -0.25) is 9.78 Å². The van der Waals surface area contributed by atoms with E-state index in [1.54, 1.807) is 29.3 Å². The summed E-state index contributed by atoms with van der Waals surface area (Å²) >= 11 is 0. The van der Waals surface area contributed by atoms with E-state index in [2.05, 4.69) is 4.98 Å². The standard InChI is InChI=1S/C21H17FN2O/c22-18-10-12-20(13-11-18)24(16-19-8-4-5-15-23-19)21(25)14-9-17-6-2-1-3-7-17/h1-15H,16H2/b14-9+. The Morgan fingerprint density at radius 3 is 2.36 bits per heavy atom. The summed E-state index contributed by atoms with van der Waals surface area (Å²) in [6, 6.07) is 21.0. The van der Waals surface area contributed by atoms with E-state index < -0.39 is 0 Å². The number of pyridine rings is 1. The van der Waals surface area contributed by atoms with E-state index in [1.165, 1.54) is 18.2 Å². The summed E-state index contributed by atoms with van der Waals surface area (Å²) in [5, 5.41) is 0. The van der Waals surface area contributed by atoms with Crippen LogP contribution >= 0.6 is 0 Å². The van der Waals surface area contributed by atoms with Gasteiger partial charge in [-0.1, -0.05) is 36.4 Å². The van der Waals surface area contributed by atoms with Crippen LogP contribution in [0.15, 0.2) is 85.1 Å². The van der Waals surface area contributed by atoms with Crippen LogP contribution in [0, 0.1) is 5.82 Å². The number of aromatic nitrogens is 1. The molecule has 0 aliphatic carbocycles. The van der Waals surface area contributed by atoms with E-state index >= 15 is 0 Å². The summed E-state index contributed by atoms with van der Waals surface area (Å²) in [6.07, 6.45) is 4.96. The smallest absolute Gasteiger partial charge is 0.251 e. The SMILES string of the molecule is O=C(/C=C/c1ccccc1)N(Cc1ccccn1)c1ccc(F)cc1. The van der Waals surface area contributed by atoms with Gasteiger partial charge < -0.3 is 4.90 Å². The van der Waals surface area contributed by atoms with Gasteiger partial charge in [-0.15, -0.1) is 0 Å². The van der Waals surface area contributed by atoms with Gasteiger partial charge in [-0.25, -0.2) is 4.39 Å². The first-order valence-electron chi connectivity index (χ1n) is 7.92. The highest BCUT2D eigenvalue weighted by molar-refractivity contribution is 6.03. The summed E-state index contributed by atoms with van der Waals surface area (Å²) in [4.78, 5) is 18.6. The lowest BCUT2D eigenvalue weighted by molar-refractivity contribution is -0.114. The maximum atomic E-state index is 13.2. The minimum atomic E-state index is -0.339. The molecule has 1 amide bonds. The van der Waals surface area contributed by atoms with Crippen LogP contribution in [0.1, 0.15) is 11.3 Å². The molecule has 1 heterocycles. The zero-order chi connectivity index (χ0) is 17.5. The van der Waals surface area contributed by atoms with Crippen LogP contribution in [0.25, 0.3) is 6.08 Å². The molecule has 2 aromatic carbocycles. The van der Waals surface area contributed by atoms with Crippen molar-refractivity contribution >= 4 is 17.7 Å². The average molecular weight is 332 g/mol. The van der Waals surface area contributed by atoms with Crippen molar-refractivity contribution < 1.29 is 9.18 Å². The Morgan fingerprint density at radius 1 is 0.960 bits per heavy atom. The topological polar surface area (TPSA) is 33.2 Å². The molecule has 0 radical (unpaired) electrons. The van der Waals surface area contributed by atoms with Crippen LogP contribution in [-0.4, -0.2) is 10.9 Å². The molecular weight excluding hydrogens is 315 g/mol. The molecule has 0 bridgehead atoms. The quantitative estimate of drug-likeness (QED) is 0.646. The molecule has 0 atom stereocenters. The maximum Gasteiger partial charge on any atom is 0.251 e. The van der Waals surface area contributed by atoms with Crippen LogP contribution in [0.3, 0.4) is 0 Å². The first-order chi connectivity index (χ1) is 12.2. The van der Waals surface area contributed by atoms with Gasteiger partial charge in [-0.2, -0.15) is 0 Å². The number of hydrogen-bond acceptors (Lipinski definition) is 2. The number of anilines is 1. The molecule has 1 aromatic heterocycles. The van der Waals surface area contributed by atoms with E-state index in [9.17, 15) is 9.18 Å². The van der Waals surface area contributed by atoms with Crippen molar-refractivity contribution in [2.45, 2.75) is 6.54 Å². The molecule has 0 unspecified atom stereocenters. The van der Waals surface area contributed by atoms with E-state index in [4.69, 9.17) is 0 Å². The van der Waals surface area contributed by atoms with Crippen molar-refractivity contribution in [2.75, 3.05) is 4.90 Å². The van der Waals surface area contributed by atoms with E-state index in [1.807, 2.05) is 48.5 Å². The summed E-state index contributed by atoms with van der Waals surface area (Å²) in [7, 11) is 0. The molecule has 3 aromatic rings. The summed E-state index contributed by atoms with van der Waals surface area (Å²) in [6.45, 7) is 0.310. The van der Waals surface area contributed by atoms with Gasteiger partial charge in [0, 0.05) is 18.0 Å². The van der Waals surface area contributed by atoms with Crippen LogP contribution in [-0.2, 0) is 11.3 Å². The Morgan fingerprint density at radius 2 is 1.68 bits per heavy atom. The number of nitrogens with zero attached hydrogens (tertiary/aromatic N) is 2. The Hall–Kier alpha value is -3.27. The molecule has 124 valence electrons. The molecule has 0 saturated carbocycles. The number of halogens is 1. The number of hydrogen-bond donors (Lipinski definition) is 0. The van der Waals surface area contributed by atoms with Gasteiger partial charge in [0.2, 0.25) is 0 Å². The molecular formula is C21H17FN2O. The molecule has 4 heteroatoms. The van der Waals surface area contributed by atoms with Crippen molar-refractivity contribution in [1.82, 2.24) is 4.98 Å². The van der Waals surface area contributed by atoms with E-state index in [0.717, 1.165) is 11.3 Å². The molecule has 0 aliphatic rings. The number of carbonyl (C=O) groups is 1. The fourth-order valence-corrected chi connectivity index (χ4v) is 2.39. The highest BCUT2D eigenvalue weighted by Crippen LogP contribution is 2.18. The van der Waals surface area contributed by atoms with E-state index in [0.29, 0.717) is 12.2 Å². The summed E-state index contributed by atoms with van der Waals surface area (Å²) in [5.41, 5.74) is 2.32. The van der Waals surface area contributed by atoms with Crippen molar-refractivity contribution in [3.05, 3.63) is 102 Å². The lowest BCUT2D eigenvalue weighted by atomic mass is 10.2. The maximum absolute atomic E-state index is 13.2. The van der Waals surface area contributed by atoms with Crippen molar-refractivity contribution in [2.24, 2.45) is 0 Å². The lowest BCUT2D eigenvalue weighted by Gasteiger charge is -2.21. The average Bonchev–Trinajstić information content (AvgIpc) is 2.67. The van der Waals surface area contributed by atoms with Gasteiger partial charge in [0.05, 0.1) is 12.2 Å². The second-order valence-corrected chi connectivity index (χ2v) is 5.47. The molecule has 0 fully saturated rings. The third kappa shape index (κ3) is 4.61. The zero-order valence-corrected chi connectivity index (χ0v) is 13.5. The predicted octanol–water partition coefficient (Wildman–Crippen LogP) is 4.47. The molecule has 0 spiro atoms. The van der Waals surface area contributed by atoms with E-state index in [-0.39, 0.29) is 11.7 Å². The van der Waals surface area contributed by atoms with Crippen LogP contribution in [0.4, 0.5) is 10.1 Å². The largest absolute Gasteiger partial charge is 0.303 e. The highest BCUT2D eigenvalue weighted by atomic mass is 19.1. The second-order valence-electron chi connectivity index (χ2n) is 5.47. The number of benzene rings is 2. The minimum Gasteiger partial charge on any atom is -0.303 e. The third-order valence-electron chi connectivity index (χ3n) is 3.67. The van der Waals surface area contributed by atoms with Crippen LogP contribution in [0.2, 0.25) is 0 Å². The van der Waals surface area contributed by atoms with Gasteiger partial charge in [0.1, 0.15) is 5.82 Å². The van der Waals surface area contributed by atoms with Crippen molar-refractivity contribution in [3.63, 3.8) is 0 Å². The van der Waals surface area contributed by atoms with Crippen LogP contribution < -0.4 is 4.90 Å². The Kier molecular flexibility index (Phi) is 5.32. The second kappa shape index (κ2) is 8.02. The van der Waals surface area contributed by atoms with Crippen LogP contribution in [0.5, 0.6) is 0 Å². The number of carbonyl (C=O) groups excluding carboxylic acids is 1. The Balaban J connectivity index is 1.86. The summed E-state index contributed by atoms with van der Waals surface area (Å²) in [5.74, 6) is -0.532. The highest BCUT2D eigenvalue weighted by Gasteiger charge is 2.14. The molecule has 3 nitrogen and oxygen atoms in total. The third-order valence-corrected chi connectivity index (χ3v) is 3.67. The lowest BCUT2D eigenvalue weighted by Crippen LogP contribution is -2.29. The van der Waals surface area contributed by atoms with Gasteiger partial charge in [0.15, 0.2) is 0 Å². The van der Waals surface area contributed by atoms with Gasteiger partial charge in [-0.05, 0) is 48.0 Å². The van der Waals surface area contributed by atoms with Gasteiger partial charge >= 0.3 is 0 Å². The Bertz CT molecular complexity index is 846. The fraction of sp³-hybridized carbons (Fsp3) is 0.0476. The summed E-state index contributed by atoms with van der Waals surface area (Å²) < 4.78 is 13.2. The molecule has 25 heavy (non-hydrogen) atoms. The number of amides is 1. The van der Waals surface area contributed by atoms with Gasteiger partial charge in [0.25, 0.3) is 5.91 Å². The first kappa shape index (κ1) is 16.6. The monoisotopic (exact) mass is 332 g/mol. The first-order valence-corrected chi connectivity index (χ1v) is 7.92. The normalized spacial score (nSPS) is 10.8. The van der Waals surface area contributed by atoms with Crippen molar-refractivity contribution in [3.8, 4) is 0 Å². The van der Waals surface area contributed by atoms with Crippen molar-refractivity contribution in [1.29, 1.82) is 0 Å². The number of rotatable bonds is 5. The predicted molar refractivity (Wildman–Crippen MR) is 97.3 cm³/mol. The fourth-order valence-electron chi connectivity index (χ4n) is 2.39. The zero-order valence-electron chi connectivity index (χ0n) is 13.5. The molecule has 0 N–H and O–H groups in total.